The number of allylic oxidation sites excluding steroid dienone is 1. The second-order valence-electron chi connectivity index (χ2n) is 5.80. The zero-order chi connectivity index (χ0) is 17.6. The number of ketones is 1. The standard InChI is InChI=1S/C20H18Cl2O3/c21-15-7-10-17(18(22)13-15)19(23)11-6-14-4-8-16(9-5-14)25-20-3-1-2-12-24-20/h4-11,13,20H,1-3,12H2/b11-6+. The zero-order valence-electron chi connectivity index (χ0n) is 13.6. The minimum Gasteiger partial charge on any atom is -0.465 e. The molecular formula is C20H18Cl2O3. The van der Waals surface area contributed by atoms with Gasteiger partial charge in [-0.3, -0.25) is 4.79 Å². The minimum atomic E-state index is -0.169. The van der Waals surface area contributed by atoms with Crippen LogP contribution in [0.15, 0.2) is 48.5 Å². The number of carbonyl (C=O) groups excluding carboxylic acids is 1. The highest BCUT2D eigenvalue weighted by Gasteiger charge is 2.14. The highest BCUT2D eigenvalue weighted by atomic mass is 35.5. The molecular weight excluding hydrogens is 359 g/mol. The van der Waals surface area contributed by atoms with Gasteiger partial charge in [0.05, 0.1) is 11.6 Å². The first-order chi connectivity index (χ1) is 12.1. The molecule has 1 heterocycles. The molecule has 1 atom stereocenters. The maximum absolute atomic E-state index is 12.2. The van der Waals surface area contributed by atoms with Crippen molar-refractivity contribution in [1.82, 2.24) is 0 Å². The van der Waals surface area contributed by atoms with E-state index in [2.05, 4.69) is 0 Å². The van der Waals surface area contributed by atoms with E-state index >= 15 is 0 Å². The quantitative estimate of drug-likeness (QED) is 0.488. The molecule has 3 rings (SSSR count). The lowest BCUT2D eigenvalue weighted by molar-refractivity contribution is -0.105. The van der Waals surface area contributed by atoms with Gasteiger partial charge in [0.25, 0.3) is 0 Å². The molecule has 1 unspecified atom stereocenters. The van der Waals surface area contributed by atoms with Gasteiger partial charge in [0.1, 0.15) is 5.75 Å². The van der Waals surface area contributed by atoms with E-state index < -0.39 is 0 Å². The lowest BCUT2D eigenvalue weighted by Gasteiger charge is -2.23. The Morgan fingerprint density at radius 2 is 1.92 bits per heavy atom. The molecule has 1 saturated heterocycles. The third-order valence-electron chi connectivity index (χ3n) is 3.91. The zero-order valence-corrected chi connectivity index (χ0v) is 15.1. The van der Waals surface area contributed by atoms with Crippen molar-refractivity contribution in [2.75, 3.05) is 6.61 Å². The van der Waals surface area contributed by atoms with Gasteiger partial charge in [0.15, 0.2) is 12.1 Å². The number of carbonyl (C=O) groups is 1. The Morgan fingerprint density at radius 1 is 1.12 bits per heavy atom. The molecule has 0 spiro atoms. The molecule has 0 saturated carbocycles. The fourth-order valence-corrected chi connectivity index (χ4v) is 3.07. The van der Waals surface area contributed by atoms with Crippen molar-refractivity contribution in [3.63, 3.8) is 0 Å². The summed E-state index contributed by atoms with van der Waals surface area (Å²) in [5, 5.41) is 0.849. The molecule has 2 aromatic carbocycles. The van der Waals surface area contributed by atoms with Crippen LogP contribution in [0, 0.1) is 0 Å². The number of rotatable bonds is 5. The molecule has 1 fully saturated rings. The summed E-state index contributed by atoms with van der Waals surface area (Å²) < 4.78 is 11.3. The van der Waals surface area contributed by atoms with Gasteiger partial charge in [-0.25, -0.2) is 0 Å². The lowest BCUT2D eigenvalue weighted by Crippen LogP contribution is -2.24. The van der Waals surface area contributed by atoms with Gasteiger partial charge in [-0.1, -0.05) is 41.4 Å². The van der Waals surface area contributed by atoms with Crippen LogP contribution in [0.3, 0.4) is 0 Å². The fraction of sp³-hybridized carbons (Fsp3) is 0.250. The van der Waals surface area contributed by atoms with Crippen LogP contribution in [0.25, 0.3) is 6.08 Å². The Kier molecular flexibility index (Phi) is 6.14. The van der Waals surface area contributed by atoms with Crippen LogP contribution < -0.4 is 4.74 Å². The molecule has 1 aliphatic rings. The summed E-state index contributed by atoms with van der Waals surface area (Å²) in [5.74, 6) is 0.591. The van der Waals surface area contributed by atoms with Crippen LogP contribution >= 0.6 is 23.2 Å². The summed E-state index contributed by atoms with van der Waals surface area (Å²) >= 11 is 11.9. The van der Waals surface area contributed by atoms with Crippen LogP contribution in [-0.2, 0) is 4.74 Å². The van der Waals surface area contributed by atoms with Crippen LogP contribution in [-0.4, -0.2) is 18.7 Å². The third kappa shape index (κ3) is 5.08. The van der Waals surface area contributed by atoms with E-state index in [0.717, 1.165) is 37.2 Å². The van der Waals surface area contributed by atoms with Gasteiger partial charge in [-0.05, 0) is 54.8 Å². The predicted octanol–water partition coefficient (Wildman–Crippen LogP) is 5.79. The van der Waals surface area contributed by atoms with E-state index in [4.69, 9.17) is 32.7 Å². The van der Waals surface area contributed by atoms with Crippen LogP contribution in [0.4, 0.5) is 0 Å². The van der Waals surface area contributed by atoms with E-state index in [1.54, 1.807) is 24.3 Å². The molecule has 0 radical (unpaired) electrons. The van der Waals surface area contributed by atoms with Crippen molar-refractivity contribution in [2.45, 2.75) is 25.6 Å². The van der Waals surface area contributed by atoms with E-state index in [1.807, 2.05) is 24.3 Å². The fourth-order valence-electron chi connectivity index (χ4n) is 2.56. The maximum Gasteiger partial charge on any atom is 0.199 e. The molecule has 130 valence electrons. The minimum absolute atomic E-state index is 0.163. The average Bonchev–Trinajstić information content (AvgIpc) is 2.62. The summed E-state index contributed by atoms with van der Waals surface area (Å²) in [6.07, 6.45) is 6.21. The first kappa shape index (κ1) is 18.0. The van der Waals surface area contributed by atoms with Gasteiger partial charge in [0, 0.05) is 17.0 Å². The molecule has 0 aromatic heterocycles. The largest absolute Gasteiger partial charge is 0.465 e. The highest BCUT2D eigenvalue weighted by molar-refractivity contribution is 6.37. The number of hydrogen-bond donors (Lipinski definition) is 0. The van der Waals surface area contributed by atoms with Gasteiger partial charge < -0.3 is 9.47 Å². The molecule has 1 aliphatic heterocycles. The van der Waals surface area contributed by atoms with Crippen LogP contribution in [0.2, 0.25) is 10.0 Å². The Hall–Kier alpha value is -1.81. The highest BCUT2D eigenvalue weighted by Crippen LogP contribution is 2.23. The summed E-state index contributed by atoms with van der Waals surface area (Å²) in [6, 6.07) is 12.4. The molecule has 2 aromatic rings. The topological polar surface area (TPSA) is 35.5 Å². The first-order valence-electron chi connectivity index (χ1n) is 8.17. The molecule has 3 nitrogen and oxygen atoms in total. The van der Waals surface area contributed by atoms with Crippen molar-refractivity contribution in [1.29, 1.82) is 0 Å². The van der Waals surface area contributed by atoms with Crippen molar-refractivity contribution in [3.05, 3.63) is 69.7 Å². The van der Waals surface area contributed by atoms with Gasteiger partial charge in [-0.2, -0.15) is 0 Å². The normalized spacial score (nSPS) is 17.6. The van der Waals surface area contributed by atoms with Gasteiger partial charge in [-0.15, -0.1) is 0 Å². The third-order valence-corrected chi connectivity index (χ3v) is 4.46. The van der Waals surface area contributed by atoms with E-state index in [-0.39, 0.29) is 12.1 Å². The van der Waals surface area contributed by atoms with Crippen molar-refractivity contribution >= 4 is 35.1 Å². The second kappa shape index (κ2) is 8.52. The summed E-state index contributed by atoms with van der Waals surface area (Å²) in [7, 11) is 0. The average molecular weight is 377 g/mol. The Labute approximate surface area is 157 Å². The second-order valence-corrected chi connectivity index (χ2v) is 6.65. The van der Waals surface area contributed by atoms with Crippen LogP contribution in [0.1, 0.15) is 35.2 Å². The van der Waals surface area contributed by atoms with E-state index in [1.165, 1.54) is 6.08 Å². The van der Waals surface area contributed by atoms with Crippen molar-refractivity contribution in [3.8, 4) is 5.75 Å². The van der Waals surface area contributed by atoms with E-state index in [9.17, 15) is 4.79 Å². The number of benzene rings is 2. The molecule has 25 heavy (non-hydrogen) atoms. The molecule has 5 heteroatoms. The summed E-state index contributed by atoms with van der Waals surface area (Å²) in [6.45, 7) is 0.751. The van der Waals surface area contributed by atoms with Crippen LogP contribution in [0.5, 0.6) is 5.75 Å². The molecule has 0 N–H and O–H groups in total. The number of halogens is 2. The predicted molar refractivity (Wildman–Crippen MR) is 100 cm³/mol. The molecule has 0 aliphatic carbocycles. The van der Waals surface area contributed by atoms with Gasteiger partial charge in [0.2, 0.25) is 0 Å². The number of ether oxygens (including phenoxy) is 2. The molecule has 0 amide bonds. The lowest BCUT2D eigenvalue weighted by atomic mass is 10.1. The molecule has 0 bridgehead atoms. The van der Waals surface area contributed by atoms with Crippen molar-refractivity contribution < 1.29 is 14.3 Å². The monoisotopic (exact) mass is 376 g/mol. The smallest absolute Gasteiger partial charge is 0.199 e. The Bertz CT molecular complexity index is 763. The van der Waals surface area contributed by atoms with E-state index in [0.29, 0.717) is 15.6 Å². The summed E-state index contributed by atoms with van der Waals surface area (Å²) in [4.78, 5) is 12.2. The Balaban J connectivity index is 1.62. The first-order valence-corrected chi connectivity index (χ1v) is 8.93. The summed E-state index contributed by atoms with van der Waals surface area (Å²) in [5.41, 5.74) is 1.33. The SMILES string of the molecule is O=C(/C=C/c1ccc(OC2CCCCO2)cc1)c1ccc(Cl)cc1Cl. The maximum atomic E-state index is 12.2. The number of hydrogen-bond acceptors (Lipinski definition) is 3. The van der Waals surface area contributed by atoms with Gasteiger partial charge >= 0.3 is 0 Å². The van der Waals surface area contributed by atoms with Crippen molar-refractivity contribution in [2.24, 2.45) is 0 Å². The Morgan fingerprint density at radius 3 is 2.60 bits per heavy atom.